The van der Waals surface area contributed by atoms with Crippen LogP contribution in [0.1, 0.15) is 46.1 Å². The van der Waals surface area contributed by atoms with E-state index in [0.717, 1.165) is 39.7 Å². The molecule has 29 heavy (non-hydrogen) atoms. The normalized spacial score (nSPS) is 15.3. The lowest BCUT2D eigenvalue weighted by atomic mass is 10.0. The second kappa shape index (κ2) is 7.51. The van der Waals surface area contributed by atoms with Gasteiger partial charge in [0.15, 0.2) is 6.10 Å². The lowest BCUT2D eigenvalue weighted by molar-refractivity contribution is -0.125. The van der Waals surface area contributed by atoms with Gasteiger partial charge in [-0.15, -0.1) is 0 Å². The number of nitrogens with zero attached hydrogens (tertiary/aromatic N) is 1. The van der Waals surface area contributed by atoms with Gasteiger partial charge in [-0.2, -0.15) is 0 Å². The Morgan fingerprint density at radius 3 is 2.55 bits per heavy atom. The van der Waals surface area contributed by atoms with Crippen LogP contribution in [0.15, 0.2) is 48.5 Å². The number of hydrogen-bond acceptors (Lipinski definition) is 4. The Hall–Kier alpha value is -3.47. The van der Waals surface area contributed by atoms with E-state index >= 15 is 0 Å². The highest BCUT2D eigenvalue weighted by Gasteiger charge is 2.29. The summed E-state index contributed by atoms with van der Waals surface area (Å²) in [6, 6.07) is 15.8. The zero-order valence-corrected chi connectivity index (χ0v) is 16.4. The maximum atomic E-state index is 13.0. The molecule has 5 nitrogen and oxygen atoms in total. The topological polar surface area (TPSA) is 82.3 Å². The Balaban J connectivity index is 1.84. The molecular formula is C24H22N2O3. The van der Waals surface area contributed by atoms with Gasteiger partial charge in [-0.3, -0.25) is 4.79 Å². The van der Waals surface area contributed by atoms with Crippen molar-refractivity contribution in [2.45, 2.75) is 32.8 Å². The van der Waals surface area contributed by atoms with Gasteiger partial charge in [0.2, 0.25) is 0 Å². The summed E-state index contributed by atoms with van der Waals surface area (Å²) in [5.74, 6) is -1.21. The van der Waals surface area contributed by atoms with E-state index in [0.29, 0.717) is 12.0 Å². The number of para-hydroxylation sites is 1. The number of carbonyl (C=O) groups is 2. The van der Waals surface area contributed by atoms with E-state index in [2.05, 4.69) is 37.3 Å². The molecule has 0 spiro atoms. The highest BCUT2D eigenvalue weighted by molar-refractivity contribution is 6.07. The first-order valence-electron chi connectivity index (χ1n) is 9.63. The first-order valence-corrected chi connectivity index (χ1v) is 9.63. The standard InChI is InChI=1S/C24H22N2O3/c1-14-7-9-16(10-8-14)13-17-11-12-19-21(24(28)29-15(2)23(25)27)18-5-3-4-6-20(18)26-22(17)19/h3-10,13,15H,11-12H2,1-2H3,(H2,25,27)/b17-13+. The van der Waals surface area contributed by atoms with E-state index in [-0.39, 0.29) is 0 Å². The van der Waals surface area contributed by atoms with Gasteiger partial charge in [0, 0.05) is 5.39 Å². The van der Waals surface area contributed by atoms with Crippen LogP contribution in [0.25, 0.3) is 22.6 Å². The second-order valence-electron chi connectivity index (χ2n) is 7.36. The number of carbonyl (C=O) groups excluding carboxylic acids is 2. The molecule has 0 saturated carbocycles. The van der Waals surface area contributed by atoms with E-state index < -0.39 is 18.0 Å². The lowest BCUT2D eigenvalue weighted by Gasteiger charge is -2.14. The molecule has 4 rings (SSSR count). The third-order valence-electron chi connectivity index (χ3n) is 5.25. The highest BCUT2D eigenvalue weighted by Crippen LogP contribution is 2.37. The Morgan fingerprint density at radius 2 is 1.83 bits per heavy atom. The minimum absolute atomic E-state index is 0.478. The average molecular weight is 386 g/mol. The third kappa shape index (κ3) is 3.63. The molecule has 2 N–H and O–H groups in total. The molecule has 0 fully saturated rings. The number of pyridine rings is 1. The summed E-state index contributed by atoms with van der Waals surface area (Å²) >= 11 is 0. The molecule has 1 aliphatic carbocycles. The molecule has 1 aromatic heterocycles. The number of rotatable bonds is 4. The molecule has 1 heterocycles. The Kier molecular flexibility index (Phi) is 4.89. The van der Waals surface area contributed by atoms with Gasteiger partial charge in [0.25, 0.3) is 5.91 Å². The maximum absolute atomic E-state index is 13.0. The number of allylic oxidation sites excluding steroid dienone is 1. The number of fused-ring (bicyclic) bond motifs is 2. The molecule has 1 aliphatic rings. The average Bonchev–Trinajstić information content (AvgIpc) is 3.09. The smallest absolute Gasteiger partial charge is 0.339 e. The SMILES string of the molecule is Cc1ccc(/C=C2\CCc3c2nc2ccccc2c3C(=O)OC(C)C(N)=O)cc1. The van der Waals surface area contributed by atoms with Gasteiger partial charge in [0.05, 0.1) is 16.8 Å². The quantitative estimate of drug-likeness (QED) is 0.686. The monoisotopic (exact) mass is 386 g/mol. The van der Waals surface area contributed by atoms with Crippen LogP contribution in [0.5, 0.6) is 0 Å². The summed E-state index contributed by atoms with van der Waals surface area (Å²) in [6.45, 7) is 3.53. The number of nitrogens with two attached hydrogens (primary N) is 1. The first-order chi connectivity index (χ1) is 13.9. The largest absolute Gasteiger partial charge is 0.449 e. The van der Waals surface area contributed by atoms with Crippen molar-refractivity contribution in [2.75, 3.05) is 0 Å². The van der Waals surface area contributed by atoms with Crippen LogP contribution in [0, 0.1) is 6.92 Å². The summed E-state index contributed by atoms with van der Waals surface area (Å²) in [5, 5.41) is 0.726. The minimum Gasteiger partial charge on any atom is -0.449 e. The van der Waals surface area contributed by atoms with Crippen LogP contribution in [0.3, 0.4) is 0 Å². The number of ether oxygens (including phenoxy) is 1. The van der Waals surface area contributed by atoms with Crippen molar-refractivity contribution in [1.82, 2.24) is 4.98 Å². The molecule has 0 saturated heterocycles. The van der Waals surface area contributed by atoms with Crippen molar-refractivity contribution >= 4 is 34.4 Å². The molecule has 0 aliphatic heterocycles. The van der Waals surface area contributed by atoms with Gasteiger partial charge >= 0.3 is 5.97 Å². The number of hydrogen-bond donors (Lipinski definition) is 1. The first kappa shape index (κ1) is 18.9. The van der Waals surface area contributed by atoms with Crippen LogP contribution < -0.4 is 5.73 Å². The lowest BCUT2D eigenvalue weighted by Crippen LogP contribution is -2.30. The molecule has 1 amide bonds. The van der Waals surface area contributed by atoms with Crippen molar-refractivity contribution in [3.05, 3.63) is 76.5 Å². The van der Waals surface area contributed by atoms with Gasteiger partial charge in [-0.1, -0.05) is 48.0 Å². The predicted molar refractivity (Wildman–Crippen MR) is 113 cm³/mol. The Bertz CT molecular complexity index is 1150. The Morgan fingerprint density at radius 1 is 1.10 bits per heavy atom. The summed E-state index contributed by atoms with van der Waals surface area (Å²) in [6.07, 6.45) is 2.61. The van der Waals surface area contributed by atoms with E-state index in [1.165, 1.54) is 12.5 Å². The number of benzene rings is 2. The third-order valence-corrected chi connectivity index (χ3v) is 5.25. The van der Waals surface area contributed by atoms with Crippen LogP contribution in [-0.4, -0.2) is 23.0 Å². The van der Waals surface area contributed by atoms with Gasteiger partial charge in [0.1, 0.15) is 0 Å². The summed E-state index contributed by atoms with van der Waals surface area (Å²) in [5.41, 5.74) is 11.5. The van der Waals surface area contributed by atoms with Crippen molar-refractivity contribution < 1.29 is 14.3 Å². The van der Waals surface area contributed by atoms with Crippen LogP contribution in [-0.2, 0) is 16.0 Å². The molecule has 0 bridgehead atoms. The molecule has 1 atom stereocenters. The molecule has 3 aromatic rings. The minimum atomic E-state index is -0.992. The molecule has 5 heteroatoms. The number of primary amides is 1. The molecule has 0 radical (unpaired) electrons. The second-order valence-corrected chi connectivity index (χ2v) is 7.36. The van der Waals surface area contributed by atoms with Crippen LogP contribution in [0.2, 0.25) is 0 Å². The highest BCUT2D eigenvalue weighted by atomic mass is 16.5. The van der Waals surface area contributed by atoms with Crippen molar-refractivity contribution in [3.63, 3.8) is 0 Å². The number of esters is 1. The zero-order valence-electron chi connectivity index (χ0n) is 16.4. The molecule has 1 unspecified atom stereocenters. The number of aromatic nitrogens is 1. The molecule has 146 valence electrons. The maximum Gasteiger partial charge on any atom is 0.339 e. The fourth-order valence-corrected chi connectivity index (χ4v) is 3.65. The van der Waals surface area contributed by atoms with Crippen molar-refractivity contribution in [2.24, 2.45) is 5.73 Å². The van der Waals surface area contributed by atoms with Crippen molar-refractivity contribution in [3.8, 4) is 0 Å². The van der Waals surface area contributed by atoms with E-state index in [1.807, 2.05) is 24.3 Å². The van der Waals surface area contributed by atoms with Crippen LogP contribution in [0.4, 0.5) is 0 Å². The molecule has 2 aromatic carbocycles. The number of aryl methyl sites for hydroxylation is 1. The van der Waals surface area contributed by atoms with Gasteiger partial charge < -0.3 is 10.5 Å². The summed E-state index contributed by atoms with van der Waals surface area (Å²) in [7, 11) is 0. The van der Waals surface area contributed by atoms with E-state index in [1.54, 1.807) is 0 Å². The van der Waals surface area contributed by atoms with Gasteiger partial charge in [-0.25, -0.2) is 9.78 Å². The summed E-state index contributed by atoms with van der Waals surface area (Å²) in [4.78, 5) is 29.2. The zero-order chi connectivity index (χ0) is 20.5. The van der Waals surface area contributed by atoms with Gasteiger partial charge in [-0.05, 0) is 55.5 Å². The molecular weight excluding hydrogens is 364 g/mol. The fraction of sp³-hybridized carbons (Fsp3) is 0.208. The number of amides is 1. The predicted octanol–water partition coefficient (Wildman–Crippen LogP) is 4.06. The Labute approximate surface area is 169 Å². The van der Waals surface area contributed by atoms with E-state index in [4.69, 9.17) is 15.5 Å². The fourth-order valence-electron chi connectivity index (χ4n) is 3.65. The van der Waals surface area contributed by atoms with Crippen molar-refractivity contribution in [1.29, 1.82) is 0 Å². The van der Waals surface area contributed by atoms with E-state index in [9.17, 15) is 9.59 Å². The summed E-state index contributed by atoms with van der Waals surface area (Å²) < 4.78 is 5.34. The van der Waals surface area contributed by atoms with Crippen LogP contribution >= 0.6 is 0 Å².